The first-order chi connectivity index (χ1) is 62.7. The van der Waals surface area contributed by atoms with Crippen LogP contribution in [0.15, 0.2) is 384 Å². The van der Waals surface area contributed by atoms with Gasteiger partial charge in [0.1, 0.15) is 44.7 Å². The number of para-hydroxylation sites is 11. The van der Waals surface area contributed by atoms with Crippen LogP contribution >= 0.6 is 0 Å². The number of aryl methyl sites for hydroxylation is 2. The highest BCUT2D eigenvalue weighted by Gasteiger charge is 2.29. The summed E-state index contributed by atoms with van der Waals surface area (Å²) < 4.78 is 32.7. The number of rotatable bonds is 1. The minimum Gasteiger partial charge on any atom is -0.456 e. The summed E-state index contributed by atoms with van der Waals surface area (Å²) in [6.45, 7) is 4.12. The van der Waals surface area contributed by atoms with Crippen molar-refractivity contribution in [2.24, 2.45) is 0 Å². The lowest BCUT2D eigenvalue weighted by atomic mass is 9.94. The van der Waals surface area contributed by atoms with Gasteiger partial charge in [0.05, 0.1) is 93.1 Å². The Morgan fingerprint density at radius 1 is 0.172 bits per heavy atom. The topological polar surface area (TPSA) is 207 Å². The molecule has 29 rings (SSSR count). The Bertz CT molecular complexity index is 10600. The molecule has 0 aliphatic rings. The quantitative estimate of drug-likeness (QED) is 0.111. The van der Waals surface area contributed by atoms with Gasteiger partial charge in [-0.25, -0.2) is 0 Å². The third-order valence-corrected chi connectivity index (χ3v) is 26.1. The fraction of sp³-hybridized carbons (Fsp3) is 0.0179. The van der Waals surface area contributed by atoms with E-state index < -0.39 is 0 Å². The lowest BCUT2D eigenvalue weighted by Crippen LogP contribution is -2.14. The maximum Gasteiger partial charge on any atom is 0.201 e. The Morgan fingerprint density at radius 2 is 0.484 bits per heavy atom. The molecule has 0 unspecified atom stereocenters. The second kappa shape index (κ2) is 26.5. The van der Waals surface area contributed by atoms with E-state index in [0.29, 0.717) is 136 Å². The molecule has 0 bridgehead atoms. The summed E-state index contributed by atoms with van der Waals surface area (Å²) in [7, 11) is 0. The zero-order valence-corrected chi connectivity index (χ0v) is 67.9. The van der Waals surface area contributed by atoms with Crippen LogP contribution in [0.25, 0.3) is 251 Å². The van der Waals surface area contributed by atoms with E-state index in [1.807, 2.05) is 290 Å². The number of aromatic nitrogens is 4. The molecule has 0 saturated carbocycles. The molecule has 128 heavy (non-hydrogen) atoms. The molecule has 0 atom stereocenters. The van der Waals surface area contributed by atoms with Crippen LogP contribution in [0.3, 0.4) is 0 Å². The normalized spacial score (nSPS) is 12.2. The zero-order valence-electron chi connectivity index (χ0n) is 67.9. The molecule has 0 aliphatic heterocycles. The van der Waals surface area contributed by atoms with Gasteiger partial charge in [-0.3, -0.25) is 38.4 Å². The Labute approximate surface area is 716 Å². The second-order valence-electron chi connectivity index (χ2n) is 33.2. The number of hydrogen-bond acceptors (Lipinski definition) is 12. The molecule has 0 amide bonds. The van der Waals surface area contributed by atoms with Crippen LogP contribution in [0.4, 0.5) is 0 Å². The van der Waals surface area contributed by atoms with Crippen LogP contribution in [-0.2, 0) is 0 Å². The molecule has 12 aromatic heterocycles. The molecule has 17 aromatic carbocycles. The summed E-state index contributed by atoms with van der Waals surface area (Å²) in [5, 5.41) is 16.1. The zero-order chi connectivity index (χ0) is 85.7. The van der Waals surface area contributed by atoms with Gasteiger partial charge in [-0.15, -0.1) is 0 Å². The van der Waals surface area contributed by atoms with Crippen molar-refractivity contribution >= 4 is 240 Å². The van der Waals surface area contributed by atoms with E-state index in [1.165, 1.54) is 0 Å². The highest BCUT2D eigenvalue weighted by molar-refractivity contribution is 6.28. The van der Waals surface area contributed by atoms with Gasteiger partial charge in [0.2, 0.25) is 5.43 Å². The van der Waals surface area contributed by atoms with Crippen LogP contribution in [0.2, 0.25) is 0 Å². The predicted molar refractivity (Wildman–Crippen MR) is 519 cm³/mol. The highest BCUT2D eigenvalue weighted by atomic mass is 16.3. The van der Waals surface area contributed by atoms with Crippen molar-refractivity contribution in [1.29, 1.82) is 0 Å². The van der Waals surface area contributed by atoms with Crippen molar-refractivity contribution in [2.45, 2.75) is 13.8 Å². The molecule has 0 radical (unpaired) electrons. The molecule has 16 heteroatoms. The minimum absolute atomic E-state index is 0.0563. The average Bonchev–Trinajstić information content (AvgIpc) is 1.17. The van der Waals surface area contributed by atoms with Crippen LogP contribution in [0.1, 0.15) is 11.1 Å². The van der Waals surface area contributed by atoms with E-state index in [1.54, 1.807) is 24.3 Å². The van der Waals surface area contributed by atoms with Crippen molar-refractivity contribution in [3.8, 4) is 11.1 Å². The third kappa shape index (κ3) is 9.87. The fourth-order valence-corrected chi connectivity index (χ4v) is 20.8. The van der Waals surface area contributed by atoms with E-state index in [-0.39, 0.29) is 43.4 Å². The van der Waals surface area contributed by atoms with Gasteiger partial charge in [-0.05, 0) is 183 Å². The standard InChI is InChI=1S/C34H21NO3.3C26H13NO3/c1-18-13-19(2)15-20(14-18)21-16-24-32-25(17-21)34(37)31-27(35(32)26-9-5-3-7-22(26)33(24)36)11-12-29-30(31)23-8-4-6-10-28(23)38-29;28-24-15-8-1-4-10-19(15)27-20-11-5-2-9-16(20)25(29)22-23(27)18(24)13-17-14-7-3-6-12-21(14)30-26(17)22;28-25-14-7-1-4-10-18(14)27-19-11-5-2-8-15(19)26(29)23-22-16-9-3-6-12-20(16)30-21(22)13-17(25)24(23)27;28-25-14-6-1-3-10-19(14)27-23-16(25)8-5-9-17(23)26(29)18-12-13-21-22(24(18)27)15-7-2-4-11-20(15)30-21/h3-17H,1-2H3;3*1-13H. The van der Waals surface area contributed by atoms with Crippen molar-refractivity contribution in [1.82, 2.24) is 17.6 Å². The van der Waals surface area contributed by atoms with Crippen LogP contribution in [0, 0.1) is 13.8 Å². The molecule has 0 N–H and O–H groups in total. The molecular weight excluding hydrogens is 1590 g/mol. The first-order valence-corrected chi connectivity index (χ1v) is 42.1. The molecule has 0 spiro atoms. The summed E-state index contributed by atoms with van der Waals surface area (Å²) in [4.78, 5) is 109. The predicted octanol–water partition coefficient (Wildman–Crippen LogP) is 24.1. The van der Waals surface area contributed by atoms with Gasteiger partial charge in [-0.1, -0.05) is 181 Å². The Morgan fingerprint density at radius 3 is 1.00 bits per heavy atom. The Kier molecular flexibility index (Phi) is 14.9. The third-order valence-electron chi connectivity index (χ3n) is 26.1. The summed E-state index contributed by atoms with van der Waals surface area (Å²) in [5.41, 5.74) is 17.8. The number of fused-ring (bicyclic) bond motifs is 32. The van der Waals surface area contributed by atoms with Crippen LogP contribution in [0.5, 0.6) is 0 Å². The van der Waals surface area contributed by atoms with Crippen molar-refractivity contribution in [3.05, 3.63) is 420 Å². The van der Waals surface area contributed by atoms with E-state index in [2.05, 4.69) is 45.2 Å². The number of hydrogen-bond donors (Lipinski definition) is 0. The maximum absolute atomic E-state index is 14.5. The number of pyridine rings is 8. The molecule has 600 valence electrons. The fourth-order valence-electron chi connectivity index (χ4n) is 20.8. The second-order valence-corrected chi connectivity index (χ2v) is 33.2. The van der Waals surface area contributed by atoms with Crippen molar-refractivity contribution < 1.29 is 17.7 Å². The van der Waals surface area contributed by atoms with Gasteiger partial charge < -0.3 is 35.3 Å². The van der Waals surface area contributed by atoms with Gasteiger partial charge in [0, 0.05) is 102 Å². The highest BCUT2D eigenvalue weighted by Crippen LogP contribution is 2.44. The van der Waals surface area contributed by atoms with Gasteiger partial charge in [0.25, 0.3) is 0 Å². The lowest BCUT2D eigenvalue weighted by Gasteiger charge is -2.16. The van der Waals surface area contributed by atoms with Crippen LogP contribution in [-0.4, -0.2) is 17.6 Å². The number of nitrogens with zero attached hydrogens (tertiary/aromatic N) is 4. The maximum atomic E-state index is 14.5. The average molecular weight is 1650 g/mol. The lowest BCUT2D eigenvalue weighted by molar-refractivity contribution is 0.669. The van der Waals surface area contributed by atoms with E-state index in [9.17, 15) is 38.4 Å². The van der Waals surface area contributed by atoms with Crippen molar-refractivity contribution in [2.75, 3.05) is 0 Å². The molecule has 29 aromatic rings. The SMILES string of the molecule is Cc1cc(C)cc(-c2cc3c(=O)c4ccccc4n4c5ccc6oc7ccccc7c6c5c(=O)c(c2)c34)c1.O=c1c2ccccc2n2c3c1cccc3c(=O)c1ccc3oc4ccccc4c3c12.O=c1c2ccccc2n2c3ccccc3c(=O)c3c4c(cc1c32)oc1ccccc14.O=c1c2ccccc2n2c3ccccc3c(=O)c3c4oc5ccccc5c4cc1c32. The minimum atomic E-state index is -0.116. The monoisotopic (exact) mass is 1650 g/mol. The smallest absolute Gasteiger partial charge is 0.201 e. The Hall–Kier alpha value is -17.5. The first kappa shape index (κ1) is 72.2. The van der Waals surface area contributed by atoms with E-state index >= 15 is 0 Å². The van der Waals surface area contributed by atoms with Gasteiger partial charge >= 0.3 is 0 Å². The Balaban J connectivity index is 0.0000000908. The molecule has 0 saturated heterocycles. The molecule has 0 fully saturated rings. The summed E-state index contributed by atoms with van der Waals surface area (Å²) in [6.07, 6.45) is 0. The molecule has 16 nitrogen and oxygen atoms in total. The summed E-state index contributed by atoms with van der Waals surface area (Å²) in [5.74, 6) is 0. The van der Waals surface area contributed by atoms with E-state index in [0.717, 1.165) is 126 Å². The van der Waals surface area contributed by atoms with Crippen LogP contribution < -0.4 is 43.4 Å². The van der Waals surface area contributed by atoms with Gasteiger partial charge in [0.15, 0.2) is 38.0 Å². The molecule has 0 aliphatic carbocycles. The molecule has 12 heterocycles. The summed E-state index contributed by atoms with van der Waals surface area (Å²) in [6, 6.07) is 103. The molecular formula is C112H60N4O12. The largest absolute Gasteiger partial charge is 0.456 e. The first-order valence-electron chi connectivity index (χ1n) is 42.1. The van der Waals surface area contributed by atoms with Crippen molar-refractivity contribution in [3.63, 3.8) is 0 Å². The van der Waals surface area contributed by atoms with Gasteiger partial charge in [-0.2, -0.15) is 0 Å². The number of benzene rings is 17. The van der Waals surface area contributed by atoms with E-state index in [4.69, 9.17) is 17.7 Å². The number of furan rings is 4. The summed E-state index contributed by atoms with van der Waals surface area (Å²) >= 11 is 0.